The molecule has 1 amide bonds. The van der Waals surface area contributed by atoms with Crippen molar-refractivity contribution < 1.29 is 4.79 Å². The third-order valence-corrected chi connectivity index (χ3v) is 4.63. The molecule has 1 atom stereocenters. The molecule has 0 radical (unpaired) electrons. The first kappa shape index (κ1) is 15.0. The number of carbonyl (C=O) groups excluding carboxylic acids is 1. The summed E-state index contributed by atoms with van der Waals surface area (Å²) in [7, 11) is 0. The van der Waals surface area contributed by atoms with Gasteiger partial charge >= 0.3 is 0 Å². The second kappa shape index (κ2) is 6.40. The van der Waals surface area contributed by atoms with Crippen LogP contribution in [0.5, 0.6) is 0 Å². The van der Waals surface area contributed by atoms with Gasteiger partial charge < -0.3 is 10.6 Å². The lowest BCUT2D eigenvalue weighted by Gasteiger charge is -2.23. The van der Waals surface area contributed by atoms with E-state index in [1.54, 1.807) is 0 Å². The number of piperidine rings is 1. The van der Waals surface area contributed by atoms with Crippen LogP contribution >= 0.6 is 0 Å². The van der Waals surface area contributed by atoms with E-state index in [0.717, 1.165) is 25.9 Å². The van der Waals surface area contributed by atoms with Crippen LogP contribution in [-0.4, -0.2) is 19.0 Å². The molecule has 1 aromatic carbocycles. The van der Waals surface area contributed by atoms with Gasteiger partial charge in [0.1, 0.15) is 0 Å². The van der Waals surface area contributed by atoms with Crippen molar-refractivity contribution in [2.75, 3.05) is 13.1 Å². The molecule has 1 saturated heterocycles. The van der Waals surface area contributed by atoms with Crippen LogP contribution in [0.15, 0.2) is 6.07 Å². The van der Waals surface area contributed by atoms with E-state index in [0.29, 0.717) is 6.54 Å². The molecule has 110 valence electrons. The fourth-order valence-corrected chi connectivity index (χ4v) is 2.96. The Morgan fingerprint density at radius 3 is 2.45 bits per heavy atom. The van der Waals surface area contributed by atoms with Gasteiger partial charge in [-0.1, -0.05) is 6.07 Å². The summed E-state index contributed by atoms with van der Waals surface area (Å²) in [5, 5.41) is 6.42. The smallest absolute Gasteiger partial charge is 0.224 e. The van der Waals surface area contributed by atoms with Gasteiger partial charge in [-0.2, -0.15) is 0 Å². The highest BCUT2D eigenvalue weighted by atomic mass is 16.1. The molecule has 3 heteroatoms. The number of carbonyl (C=O) groups is 1. The van der Waals surface area contributed by atoms with Gasteiger partial charge in [-0.15, -0.1) is 0 Å². The zero-order valence-electron chi connectivity index (χ0n) is 13.1. The minimum absolute atomic E-state index is 0.135. The largest absolute Gasteiger partial charge is 0.352 e. The van der Waals surface area contributed by atoms with E-state index in [-0.39, 0.29) is 11.8 Å². The number of amides is 1. The Labute approximate surface area is 122 Å². The van der Waals surface area contributed by atoms with Crippen LogP contribution in [0.1, 0.15) is 40.7 Å². The van der Waals surface area contributed by atoms with Gasteiger partial charge in [-0.25, -0.2) is 0 Å². The fraction of sp³-hybridized carbons (Fsp3) is 0.588. The summed E-state index contributed by atoms with van der Waals surface area (Å²) in [5.41, 5.74) is 6.48. The van der Waals surface area contributed by atoms with Crippen LogP contribution in [-0.2, 0) is 11.3 Å². The minimum Gasteiger partial charge on any atom is -0.352 e. The molecule has 0 aliphatic carbocycles. The van der Waals surface area contributed by atoms with Gasteiger partial charge in [0, 0.05) is 13.1 Å². The summed E-state index contributed by atoms with van der Waals surface area (Å²) in [6, 6.07) is 2.22. The topological polar surface area (TPSA) is 41.1 Å². The summed E-state index contributed by atoms with van der Waals surface area (Å²) in [6.07, 6.45) is 2.10. The molecule has 1 aliphatic heterocycles. The number of hydrogen-bond donors (Lipinski definition) is 2. The van der Waals surface area contributed by atoms with Crippen molar-refractivity contribution in [3.63, 3.8) is 0 Å². The summed E-state index contributed by atoms with van der Waals surface area (Å²) in [5.74, 6) is 0.324. The SMILES string of the molecule is Cc1cc(C)c(C)c(CNC(=O)C2CCCNC2)c1C. The predicted molar refractivity (Wildman–Crippen MR) is 82.8 cm³/mol. The first-order valence-electron chi connectivity index (χ1n) is 7.55. The van der Waals surface area contributed by atoms with Crippen molar-refractivity contribution >= 4 is 5.91 Å². The molecule has 0 aromatic heterocycles. The Morgan fingerprint density at radius 2 is 1.90 bits per heavy atom. The highest BCUT2D eigenvalue weighted by Gasteiger charge is 2.21. The Hall–Kier alpha value is -1.35. The average Bonchev–Trinajstić information content (AvgIpc) is 2.46. The maximum Gasteiger partial charge on any atom is 0.224 e. The van der Waals surface area contributed by atoms with E-state index in [2.05, 4.69) is 44.4 Å². The highest BCUT2D eigenvalue weighted by Crippen LogP contribution is 2.21. The van der Waals surface area contributed by atoms with Gasteiger partial charge in [0.15, 0.2) is 0 Å². The molecule has 2 rings (SSSR count). The lowest BCUT2D eigenvalue weighted by Crippen LogP contribution is -2.40. The Balaban J connectivity index is 2.05. The zero-order valence-corrected chi connectivity index (χ0v) is 13.1. The predicted octanol–water partition coefficient (Wildman–Crippen LogP) is 2.54. The van der Waals surface area contributed by atoms with Crippen LogP contribution in [0, 0.1) is 33.6 Å². The van der Waals surface area contributed by atoms with E-state index in [9.17, 15) is 4.79 Å². The van der Waals surface area contributed by atoms with Crippen LogP contribution in [0.3, 0.4) is 0 Å². The van der Waals surface area contributed by atoms with E-state index in [4.69, 9.17) is 0 Å². The number of benzene rings is 1. The maximum atomic E-state index is 12.2. The van der Waals surface area contributed by atoms with Crippen LogP contribution < -0.4 is 10.6 Å². The molecular formula is C17H26N2O. The minimum atomic E-state index is 0.135. The molecule has 20 heavy (non-hydrogen) atoms. The van der Waals surface area contributed by atoms with Gasteiger partial charge in [-0.05, 0) is 74.9 Å². The van der Waals surface area contributed by atoms with Crippen molar-refractivity contribution in [3.05, 3.63) is 33.9 Å². The second-order valence-corrected chi connectivity index (χ2v) is 6.00. The summed E-state index contributed by atoms with van der Waals surface area (Å²) < 4.78 is 0. The van der Waals surface area contributed by atoms with E-state index >= 15 is 0 Å². The number of aryl methyl sites for hydroxylation is 2. The summed E-state index contributed by atoms with van der Waals surface area (Å²) in [6.45, 7) is 11.1. The van der Waals surface area contributed by atoms with Gasteiger partial charge in [0.05, 0.1) is 5.92 Å². The molecule has 0 bridgehead atoms. The van der Waals surface area contributed by atoms with Crippen LogP contribution in [0.4, 0.5) is 0 Å². The average molecular weight is 274 g/mol. The molecule has 0 saturated carbocycles. The van der Waals surface area contributed by atoms with E-state index in [1.807, 2.05) is 0 Å². The Kier molecular flexibility index (Phi) is 4.81. The number of hydrogen-bond acceptors (Lipinski definition) is 2. The highest BCUT2D eigenvalue weighted by molar-refractivity contribution is 5.79. The van der Waals surface area contributed by atoms with Gasteiger partial charge in [0.2, 0.25) is 5.91 Å². The lowest BCUT2D eigenvalue weighted by atomic mass is 9.93. The van der Waals surface area contributed by atoms with Crippen molar-refractivity contribution in [2.45, 2.75) is 47.1 Å². The van der Waals surface area contributed by atoms with Crippen molar-refractivity contribution in [1.82, 2.24) is 10.6 Å². The fourth-order valence-electron chi connectivity index (χ4n) is 2.96. The Bertz CT molecular complexity index is 476. The van der Waals surface area contributed by atoms with Crippen LogP contribution in [0.25, 0.3) is 0 Å². The first-order chi connectivity index (χ1) is 9.50. The number of rotatable bonds is 3. The molecule has 1 unspecified atom stereocenters. The maximum absolute atomic E-state index is 12.2. The normalized spacial score (nSPS) is 18.9. The quantitative estimate of drug-likeness (QED) is 0.889. The molecule has 1 heterocycles. The lowest BCUT2D eigenvalue weighted by molar-refractivity contribution is -0.125. The molecular weight excluding hydrogens is 248 g/mol. The number of nitrogens with one attached hydrogen (secondary N) is 2. The third kappa shape index (κ3) is 3.21. The van der Waals surface area contributed by atoms with Crippen molar-refractivity contribution in [3.8, 4) is 0 Å². The van der Waals surface area contributed by atoms with Gasteiger partial charge in [-0.3, -0.25) is 4.79 Å². The van der Waals surface area contributed by atoms with Gasteiger partial charge in [0.25, 0.3) is 0 Å². The molecule has 1 aliphatic rings. The Morgan fingerprint density at radius 1 is 1.25 bits per heavy atom. The van der Waals surface area contributed by atoms with Crippen LogP contribution in [0.2, 0.25) is 0 Å². The molecule has 1 fully saturated rings. The van der Waals surface area contributed by atoms with Crippen molar-refractivity contribution in [2.24, 2.45) is 5.92 Å². The second-order valence-electron chi connectivity index (χ2n) is 6.00. The van der Waals surface area contributed by atoms with E-state index in [1.165, 1.54) is 27.8 Å². The summed E-state index contributed by atoms with van der Waals surface area (Å²) in [4.78, 5) is 12.2. The van der Waals surface area contributed by atoms with E-state index < -0.39 is 0 Å². The first-order valence-corrected chi connectivity index (χ1v) is 7.55. The monoisotopic (exact) mass is 274 g/mol. The third-order valence-electron chi connectivity index (χ3n) is 4.63. The van der Waals surface area contributed by atoms with Crippen molar-refractivity contribution in [1.29, 1.82) is 0 Å². The standard InChI is InChI=1S/C17H26N2O/c1-11-8-12(2)14(4)16(13(11)3)10-19-17(20)15-6-5-7-18-9-15/h8,15,18H,5-7,9-10H2,1-4H3,(H,19,20). The zero-order chi connectivity index (χ0) is 14.7. The molecule has 2 N–H and O–H groups in total. The molecule has 1 aromatic rings. The summed E-state index contributed by atoms with van der Waals surface area (Å²) >= 11 is 0. The molecule has 0 spiro atoms. The molecule has 3 nitrogen and oxygen atoms in total.